The Balaban J connectivity index is 2.36. The Labute approximate surface area is 106 Å². The first-order valence-electron chi connectivity index (χ1n) is 5.99. The summed E-state index contributed by atoms with van der Waals surface area (Å²) in [6, 6.07) is 5.88. The molecule has 2 amide bonds. The summed E-state index contributed by atoms with van der Waals surface area (Å²) in [7, 11) is 0. The first-order chi connectivity index (χ1) is 8.61. The van der Waals surface area contributed by atoms with E-state index in [-0.39, 0.29) is 18.2 Å². The van der Waals surface area contributed by atoms with Crippen molar-refractivity contribution >= 4 is 17.3 Å². The molecule has 0 unspecified atom stereocenters. The summed E-state index contributed by atoms with van der Waals surface area (Å²) in [5.41, 5.74) is 3.16. The maximum absolute atomic E-state index is 11.7. The highest BCUT2D eigenvalue weighted by Crippen LogP contribution is 2.19. The summed E-state index contributed by atoms with van der Waals surface area (Å²) in [5.74, 6) is -0.573. The highest BCUT2D eigenvalue weighted by molar-refractivity contribution is 5.95. The Bertz CT molecular complexity index is 599. The van der Waals surface area contributed by atoms with Gasteiger partial charge in [0.1, 0.15) is 0 Å². The number of rotatable bonds is 3. The average molecular weight is 244 g/mol. The molecule has 2 aromatic rings. The molecule has 0 fully saturated rings. The third-order valence-corrected chi connectivity index (χ3v) is 2.92. The van der Waals surface area contributed by atoms with Crippen LogP contribution in [-0.2, 0) is 22.4 Å². The second kappa shape index (κ2) is 5.04. The minimum atomic E-state index is -0.318. The highest BCUT2D eigenvalue weighted by atomic mass is 16.2. The van der Waals surface area contributed by atoms with Gasteiger partial charge < -0.3 is 4.40 Å². The van der Waals surface area contributed by atoms with Gasteiger partial charge in [-0.25, -0.2) is 0 Å². The van der Waals surface area contributed by atoms with Crippen LogP contribution in [0.1, 0.15) is 25.0 Å². The van der Waals surface area contributed by atoms with Crippen molar-refractivity contribution in [2.45, 2.75) is 26.7 Å². The first kappa shape index (κ1) is 12.4. The fourth-order valence-electron chi connectivity index (χ4n) is 2.14. The molecule has 2 heterocycles. The Morgan fingerprint density at radius 2 is 2.11 bits per heavy atom. The van der Waals surface area contributed by atoms with E-state index in [2.05, 4.69) is 12.2 Å². The van der Waals surface area contributed by atoms with Crippen LogP contribution in [0.2, 0.25) is 0 Å². The maximum Gasteiger partial charge on any atom is 0.231 e. The Hall–Kier alpha value is -2.10. The van der Waals surface area contributed by atoms with Crippen molar-refractivity contribution in [3.05, 3.63) is 41.7 Å². The molecule has 94 valence electrons. The van der Waals surface area contributed by atoms with Crippen LogP contribution >= 0.6 is 0 Å². The van der Waals surface area contributed by atoms with Crippen molar-refractivity contribution in [1.29, 1.82) is 0 Å². The van der Waals surface area contributed by atoms with Gasteiger partial charge in [-0.3, -0.25) is 14.9 Å². The second-order valence-electron chi connectivity index (χ2n) is 4.26. The van der Waals surface area contributed by atoms with Gasteiger partial charge in [0.2, 0.25) is 11.8 Å². The van der Waals surface area contributed by atoms with E-state index in [0.717, 1.165) is 23.1 Å². The number of fused-ring (bicyclic) bond motifs is 1. The number of hydrogen-bond donors (Lipinski definition) is 1. The predicted molar refractivity (Wildman–Crippen MR) is 69.3 cm³/mol. The lowest BCUT2D eigenvalue weighted by molar-refractivity contribution is -0.128. The van der Waals surface area contributed by atoms with Gasteiger partial charge in [0.25, 0.3) is 0 Å². The van der Waals surface area contributed by atoms with E-state index in [9.17, 15) is 9.59 Å². The number of hydrogen-bond acceptors (Lipinski definition) is 2. The average Bonchev–Trinajstić information content (AvgIpc) is 2.66. The zero-order valence-corrected chi connectivity index (χ0v) is 10.6. The molecule has 0 spiro atoms. The molecule has 0 radical (unpaired) electrons. The van der Waals surface area contributed by atoms with Crippen LogP contribution in [0.25, 0.3) is 5.52 Å². The molecule has 0 atom stereocenters. The Morgan fingerprint density at radius 1 is 1.33 bits per heavy atom. The zero-order valence-electron chi connectivity index (χ0n) is 10.6. The number of nitrogens with zero attached hydrogens (tertiary/aromatic N) is 1. The fourth-order valence-corrected chi connectivity index (χ4v) is 2.14. The number of carbonyl (C=O) groups excluding carboxylic acids is 2. The number of aromatic nitrogens is 1. The van der Waals surface area contributed by atoms with Gasteiger partial charge in [-0.2, -0.15) is 0 Å². The van der Waals surface area contributed by atoms with E-state index in [1.807, 2.05) is 35.0 Å². The number of amides is 2. The van der Waals surface area contributed by atoms with Gasteiger partial charge >= 0.3 is 0 Å². The summed E-state index contributed by atoms with van der Waals surface area (Å²) in [5, 5.41) is 2.31. The first-order valence-corrected chi connectivity index (χ1v) is 5.99. The van der Waals surface area contributed by atoms with Crippen LogP contribution in [0.5, 0.6) is 0 Å². The van der Waals surface area contributed by atoms with E-state index in [1.165, 1.54) is 6.92 Å². The number of pyridine rings is 1. The molecule has 1 N–H and O–H groups in total. The molecule has 0 aliphatic heterocycles. The van der Waals surface area contributed by atoms with Crippen molar-refractivity contribution in [2.75, 3.05) is 0 Å². The SMILES string of the molecule is CCc1cn2ccccc2c1CC(=O)NC(C)=O. The van der Waals surface area contributed by atoms with Crippen LogP contribution in [0.3, 0.4) is 0 Å². The fraction of sp³-hybridized carbons (Fsp3) is 0.286. The highest BCUT2D eigenvalue weighted by Gasteiger charge is 2.13. The molecule has 4 heteroatoms. The molecular weight excluding hydrogens is 228 g/mol. The van der Waals surface area contributed by atoms with E-state index >= 15 is 0 Å². The van der Waals surface area contributed by atoms with Gasteiger partial charge in [-0.05, 0) is 29.7 Å². The normalized spacial score (nSPS) is 10.6. The van der Waals surface area contributed by atoms with Gasteiger partial charge in [-0.1, -0.05) is 13.0 Å². The topological polar surface area (TPSA) is 50.6 Å². The minimum Gasteiger partial charge on any atom is -0.323 e. The Kier molecular flexibility index (Phi) is 3.46. The van der Waals surface area contributed by atoms with E-state index in [1.54, 1.807) is 0 Å². The third kappa shape index (κ3) is 2.42. The molecule has 0 aliphatic carbocycles. The lowest BCUT2D eigenvalue weighted by atomic mass is 10.1. The maximum atomic E-state index is 11.7. The zero-order chi connectivity index (χ0) is 13.1. The summed E-state index contributed by atoms with van der Waals surface area (Å²) < 4.78 is 2.01. The van der Waals surface area contributed by atoms with Crippen molar-refractivity contribution < 1.29 is 9.59 Å². The van der Waals surface area contributed by atoms with Crippen molar-refractivity contribution in [3.63, 3.8) is 0 Å². The van der Waals surface area contributed by atoms with Crippen LogP contribution in [-0.4, -0.2) is 16.2 Å². The smallest absolute Gasteiger partial charge is 0.231 e. The molecule has 4 nitrogen and oxygen atoms in total. The summed E-state index contributed by atoms with van der Waals surface area (Å²) in [6.07, 6.45) is 5.10. The van der Waals surface area contributed by atoms with Crippen LogP contribution in [0.4, 0.5) is 0 Å². The largest absolute Gasteiger partial charge is 0.323 e. The number of carbonyl (C=O) groups is 2. The van der Waals surface area contributed by atoms with Crippen molar-refractivity contribution in [3.8, 4) is 0 Å². The van der Waals surface area contributed by atoms with Gasteiger partial charge in [0.15, 0.2) is 0 Å². The molecular formula is C14H16N2O2. The second-order valence-corrected chi connectivity index (χ2v) is 4.26. The molecule has 2 aromatic heterocycles. The molecule has 0 saturated carbocycles. The van der Waals surface area contributed by atoms with E-state index < -0.39 is 0 Å². The lowest BCUT2D eigenvalue weighted by Gasteiger charge is -2.03. The van der Waals surface area contributed by atoms with Crippen LogP contribution < -0.4 is 5.32 Å². The summed E-state index contributed by atoms with van der Waals surface area (Å²) in [4.78, 5) is 22.6. The molecule has 0 aromatic carbocycles. The third-order valence-electron chi connectivity index (χ3n) is 2.92. The number of nitrogens with one attached hydrogen (secondary N) is 1. The minimum absolute atomic E-state index is 0.239. The van der Waals surface area contributed by atoms with Gasteiger partial charge in [0.05, 0.1) is 6.42 Å². The van der Waals surface area contributed by atoms with Crippen molar-refractivity contribution in [1.82, 2.24) is 9.72 Å². The van der Waals surface area contributed by atoms with Crippen LogP contribution in [0.15, 0.2) is 30.6 Å². The standard InChI is InChI=1S/C14H16N2O2/c1-3-11-9-16-7-5-4-6-13(16)12(11)8-14(18)15-10(2)17/h4-7,9H,3,8H2,1-2H3,(H,15,17,18). The van der Waals surface area contributed by atoms with Crippen LogP contribution in [0, 0.1) is 0 Å². The summed E-state index contributed by atoms with van der Waals surface area (Å²) in [6.45, 7) is 3.40. The molecule has 0 bridgehead atoms. The Morgan fingerprint density at radius 3 is 2.78 bits per heavy atom. The monoisotopic (exact) mass is 244 g/mol. The number of aryl methyl sites for hydroxylation is 1. The van der Waals surface area contributed by atoms with E-state index in [4.69, 9.17) is 0 Å². The quantitative estimate of drug-likeness (QED) is 0.893. The van der Waals surface area contributed by atoms with Crippen molar-refractivity contribution in [2.24, 2.45) is 0 Å². The van der Waals surface area contributed by atoms with E-state index in [0.29, 0.717) is 0 Å². The van der Waals surface area contributed by atoms with Gasteiger partial charge in [-0.15, -0.1) is 0 Å². The van der Waals surface area contributed by atoms with Gasteiger partial charge in [0, 0.05) is 24.8 Å². The molecule has 0 saturated heterocycles. The molecule has 18 heavy (non-hydrogen) atoms. The lowest BCUT2D eigenvalue weighted by Crippen LogP contribution is -2.29. The number of imide groups is 1. The summed E-state index contributed by atoms with van der Waals surface area (Å²) >= 11 is 0. The molecule has 0 aliphatic rings. The predicted octanol–water partition coefficient (Wildman–Crippen LogP) is 1.71. The molecule has 2 rings (SSSR count).